The number of amidine groups is 2. The van der Waals surface area contributed by atoms with Gasteiger partial charge >= 0.3 is 0 Å². The molecule has 1 aliphatic rings. The number of benzene rings is 7. The fourth-order valence-corrected chi connectivity index (χ4v) is 6.61. The summed E-state index contributed by atoms with van der Waals surface area (Å²) in [5.74, 6) is 1.49. The molecule has 1 atom stereocenters. The number of nitrogens with zero attached hydrogens (tertiary/aromatic N) is 2. The van der Waals surface area contributed by atoms with E-state index in [0.717, 1.165) is 55.6 Å². The van der Waals surface area contributed by atoms with Crippen molar-refractivity contribution in [3.05, 3.63) is 180 Å². The maximum absolute atomic E-state index is 6.65. The molecule has 0 bridgehead atoms. The minimum Gasteiger partial charge on any atom is -0.455 e. The van der Waals surface area contributed by atoms with Crippen LogP contribution in [0.25, 0.3) is 55.0 Å². The SMILES string of the molecule is c1ccc(C2=NC(c3cccc4oc5c(-c6ccc(-c7ccccc7)cc6)cccc5c34)NC(c3ccc4ccccc4c3)=N2)cc1. The fraction of sp³-hybridized carbons (Fsp3) is 0.0233. The van der Waals surface area contributed by atoms with Crippen molar-refractivity contribution in [3.8, 4) is 22.3 Å². The molecule has 0 saturated heterocycles. The summed E-state index contributed by atoms with van der Waals surface area (Å²) in [5.41, 5.74) is 9.30. The van der Waals surface area contributed by atoms with Crippen molar-refractivity contribution in [2.45, 2.75) is 6.17 Å². The first-order valence-corrected chi connectivity index (χ1v) is 15.9. The molecule has 4 heteroatoms. The van der Waals surface area contributed by atoms with E-state index in [2.05, 4.69) is 139 Å². The van der Waals surface area contributed by atoms with Gasteiger partial charge in [-0.15, -0.1) is 0 Å². The minimum absolute atomic E-state index is 0.373. The number of nitrogens with one attached hydrogen (secondary N) is 1. The Hall–Kier alpha value is -6.26. The summed E-state index contributed by atoms with van der Waals surface area (Å²) in [7, 11) is 0. The number of furan rings is 1. The lowest BCUT2D eigenvalue weighted by Crippen LogP contribution is -2.33. The fourth-order valence-electron chi connectivity index (χ4n) is 6.61. The monoisotopic (exact) mass is 603 g/mol. The Morgan fingerprint density at radius 1 is 0.511 bits per heavy atom. The van der Waals surface area contributed by atoms with Crippen molar-refractivity contribution in [3.63, 3.8) is 0 Å². The Labute approximate surface area is 272 Å². The molecule has 47 heavy (non-hydrogen) atoms. The summed E-state index contributed by atoms with van der Waals surface area (Å²) in [6.07, 6.45) is -0.373. The minimum atomic E-state index is -0.373. The van der Waals surface area contributed by atoms with Crippen LogP contribution in [-0.4, -0.2) is 11.7 Å². The van der Waals surface area contributed by atoms with Crippen molar-refractivity contribution in [2.75, 3.05) is 0 Å². The average Bonchev–Trinajstić information content (AvgIpc) is 3.55. The second kappa shape index (κ2) is 11.3. The third-order valence-electron chi connectivity index (χ3n) is 8.95. The van der Waals surface area contributed by atoms with Crippen LogP contribution in [0.3, 0.4) is 0 Å². The lowest BCUT2D eigenvalue weighted by atomic mass is 9.97. The van der Waals surface area contributed by atoms with Crippen LogP contribution in [-0.2, 0) is 0 Å². The van der Waals surface area contributed by atoms with Crippen LogP contribution in [0.1, 0.15) is 22.9 Å². The molecule has 1 aliphatic heterocycles. The van der Waals surface area contributed by atoms with Crippen LogP contribution in [0.5, 0.6) is 0 Å². The zero-order chi connectivity index (χ0) is 31.2. The van der Waals surface area contributed by atoms with Gasteiger partial charge in [0.2, 0.25) is 0 Å². The van der Waals surface area contributed by atoms with Gasteiger partial charge in [0.25, 0.3) is 0 Å². The highest BCUT2D eigenvalue weighted by Crippen LogP contribution is 2.40. The first-order chi connectivity index (χ1) is 23.3. The predicted octanol–water partition coefficient (Wildman–Crippen LogP) is 10.6. The number of hydrogen-bond acceptors (Lipinski definition) is 4. The second-order valence-corrected chi connectivity index (χ2v) is 11.8. The van der Waals surface area contributed by atoms with Gasteiger partial charge in [0.05, 0.1) is 0 Å². The van der Waals surface area contributed by atoms with Gasteiger partial charge in [-0.3, -0.25) is 0 Å². The number of hydrogen-bond donors (Lipinski definition) is 1. The first-order valence-electron chi connectivity index (χ1n) is 15.9. The van der Waals surface area contributed by atoms with E-state index in [1.807, 2.05) is 30.3 Å². The predicted molar refractivity (Wildman–Crippen MR) is 194 cm³/mol. The van der Waals surface area contributed by atoms with E-state index in [1.54, 1.807) is 0 Å². The third-order valence-corrected chi connectivity index (χ3v) is 8.95. The Morgan fingerprint density at radius 3 is 1.98 bits per heavy atom. The van der Waals surface area contributed by atoms with E-state index in [4.69, 9.17) is 14.4 Å². The first kappa shape index (κ1) is 27.1. The number of fused-ring (bicyclic) bond motifs is 4. The molecule has 2 heterocycles. The maximum atomic E-state index is 6.65. The zero-order valence-electron chi connectivity index (χ0n) is 25.5. The summed E-state index contributed by atoms with van der Waals surface area (Å²) < 4.78 is 6.65. The molecule has 7 aromatic carbocycles. The summed E-state index contributed by atoms with van der Waals surface area (Å²) in [5, 5.41) is 8.17. The highest BCUT2D eigenvalue weighted by Gasteiger charge is 2.25. The van der Waals surface area contributed by atoms with E-state index < -0.39 is 0 Å². The van der Waals surface area contributed by atoms with E-state index >= 15 is 0 Å². The lowest BCUT2D eigenvalue weighted by Gasteiger charge is -2.24. The molecule has 0 amide bonds. The van der Waals surface area contributed by atoms with Crippen molar-refractivity contribution < 1.29 is 4.42 Å². The normalized spacial score (nSPS) is 14.6. The summed E-state index contributed by atoms with van der Waals surface area (Å²) >= 11 is 0. The Bertz CT molecular complexity index is 2480. The molecule has 0 aliphatic carbocycles. The molecule has 222 valence electrons. The smallest absolute Gasteiger partial charge is 0.159 e. The quantitative estimate of drug-likeness (QED) is 0.213. The molecule has 0 radical (unpaired) electrons. The van der Waals surface area contributed by atoms with E-state index in [0.29, 0.717) is 5.84 Å². The van der Waals surface area contributed by atoms with Crippen molar-refractivity contribution in [1.82, 2.24) is 5.32 Å². The molecule has 4 nitrogen and oxygen atoms in total. The number of rotatable bonds is 5. The molecular formula is C43H29N3O. The number of para-hydroxylation sites is 1. The van der Waals surface area contributed by atoms with E-state index in [1.165, 1.54) is 21.9 Å². The van der Waals surface area contributed by atoms with Gasteiger partial charge in [-0.05, 0) is 39.6 Å². The van der Waals surface area contributed by atoms with Crippen LogP contribution < -0.4 is 5.32 Å². The molecular weight excluding hydrogens is 574 g/mol. The highest BCUT2D eigenvalue weighted by molar-refractivity contribution is 6.15. The molecule has 8 aromatic rings. The molecule has 9 rings (SSSR count). The maximum Gasteiger partial charge on any atom is 0.159 e. The largest absolute Gasteiger partial charge is 0.455 e. The summed E-state index contributed by atoms with van der Waals surface area (Å²) in [6.45, 7) is 0. The Balaban J connectivity index is 1.16. The topological polar surface area (TPSA) is 49.9 Å². The van der Waals surface area contributed by atoms with Gasteiger partial charge in [0.15, 0.2) is 5.84 Å². The van der Waals surface area contributed by atoms with Crippen LogP contribution in [0.2, 0.25) is 0 Å². The van der Waals surface area contributed by atoms with Gasteiger partial charge in [-0.25, -0.2) is 9.98 Å². The Kier molecular flexibility index (Phi) is 6.50. The van der Waals surface area contributed by atoms with Crippen LogP contribution in [0.15, 0.2) is 178 Å². The second-order valence-electron chi connectivity index (χ2n) is 11.8. The number of aliphatic imine (C=N–C) groups is 2. The molecule has 0 fully saturated rings. The molecule has 1 N–H and O–H groups in total. The summed E-state index contributed by atoms with van der Waals surface area (Å²) in [6, 6.07) is 56.9. The lowest BCUT2D eigenvalue weighted by molar-refractivity contribution is 0.663. The van der Waals surface area contributed by atoms with E-state index in [9.17, 15) is 0 Å². The van der Waals surface area contributed by atoms with Gasteiger partial charge < -0.3 is 9.73 Å². The standard InChI is InChI=1S/C43H29N3O/c1-3-11-28(12-4-1)30-21-24-31(25-22-30)35-17-9-18-36-39-37(19-10-20-38(39)47-40(35)36)43-45-41(32-14-5-2-6-15-32)44-42(46-43)34-26-23-29-13-7-8-16-33(29)27-34/h1-27,43H,(H,44,45,46). The highest BCUT2D eigenvalue weighted by atomic mass is 16.3. The molecule has 1 unspecified atom stereocenters. The van der Waals surface area contributed by atoms with E-state index in [-0.39, 0.29) is 6.17 Å². The van der Waals surface area contributed by atoms with Crippen molar-refractivity contribution >= 4 is 44.4 Å². The van der Waals surface area contributed by atoms with Gasteiger partial charge in [0.1, 0.15) is 23.2 Å². The van der Waals surface area contributed by atoms with Gasteiger partial charge in [-0.1, -0.05) is 152 Å². The van der Waals surface area contributed by atoms with Crippen molar-refractivity contribution in [1.29, 1.82) is 0 Å². The van der Waals surface area contributed by atoms with Crippen LogP contribution in [0, 0.1) is 0 Å². The van der Waals surface area contributed by atoms with Crippen LogP contribution in [0.4, 0.5) is 0 Å². The average molecular weight is 604 g/mol. The molecule has 0 spiro atoms. The van der Waals surface area contributed by atoms with Crippen molar-refractivity contribution in [2.24, 2.45) is 9.98 Å². The van der Waals surface area contributed by atoms with Gasteiger partial charge in [0, 0.05) is 33.0 Å². The third kappa shape index (κ3) is 4.88. The van der Waals surface area contributed by atoms with Crippen LogP contribution >= 0.6 is 0 Å². The van der Waals surface area contributed by atoms with Gasteiger partial charge in [-0.2, -0.15) is 0 Å². The molecule has 1 aromatic heterocycles. The molecule has 0 saturated carbocycles. The summed E-state index contributed by atoms with van der Waals surface area (Å²) in [4.78, 5) is 10.2. The zero-order valence-corrected chi connectivity index (χ0v) is 25.5. The Morgan fingerprint density at radius 2 is 1.17 bits per heavy atom.